The van der Waals surface area contributed by atoms with E-state index in [1.165, 1.54) is 48.0 Å². The SMILES string of the molecule is C/C1=C/CC/C(C)=C\CC(C)(C)/C=C/C1.C/C1=C/CC/C(C)=C\CC(C)(C)/C=C/C1. The van der Waals surface area contributed by atoms with E-state index in [1.54, 1.807) is 0 Å². The standard InChI is InChI=1S/2C15H24/c2*1-13-7-5-8-14(2)10-12-15(3,4)11-6-9-13/h2*6-7,10-11H,5,8-9,12H2,1-4H3/b2*11-6+,13-7-,14-10-. The molecule has 0 nitrogen and oxygen atoms in total. The molecule has 0 N–H and O–H groups in total. The second-order valence-electron chi connectivity index (χ2n) is 10.9. The lowest BCUT2D eigenvalue weighted by atomic mass is 9.87. The van der Waals surface area contributed by atoms with Crippen LogP contribution >= 0.6 is 0 Å². The van der Waals surface area contributed by atoms with Gasteiger partial charge in [0.25, 0.3) is 0 Å². The Morgan fingerprint density at radius 3 is 1.27 bits per heavy atom. The lowest BCUT2D eigenvalue weighted by Crippen LogP contribution is -2.05. The van der Waals surface area contributed by atoms with Crippen molar-refractivity contribution in [2.75, 3.05) is 0 Å². The molecule has 0 spiro atoms. The normalized spacial score (nSPS) is 31.7. The van der Waals surface area contributed by atoms with Crippen LogP contribution in [0.15, 0.2) is 70.9 Å². The summed E-state index contributed by atoms with van der Waals surface area (Å²) >= 11 is 0. The van der Waals surface area contributed by atoms with Crippen molar-refractivity contribution in [1.29, 1.82) is 0 Å². The summed E-state index contributed by atoms with van der Waals surface area (Å²) < 4.78 is 0. The molecule has 2 aliphatic carbocycles. The molecule has 0 aromatic carbocycles. The molecule has 0 saturated carbocycles. The Morgan fingerprint density at radius 1 is 0.533 bits per heavy atom. The highest BCUT2D eigenvalue weighted by atomic mass is 14.2. The largest absolute Gasteiger partial charge is 0.0850 e. The predicted molar refractivity (Wildman–Crippen MR) is 138 cm³/mol. The first-order valence-electron chi connectivity index (χ1n) is 12.0. The summed E-state index contributed by atoms with van der Waals surface area (Å²) in [7, 11) is 0. The van der Waals surface area contributed by atoms with Gasteiger partial charge in [0.05, 0.1) is 0 Å². The van der Waals surface area contributed by atoms with Crippen LogP contribution in [0.4, 0.5) is 0 Å². The van der Waals surface area contributed by atoms with Crippen molar-refractivity contribution in [3.05, 3.63) is 70.9 Å². The van der Waals surface area contributed by atoms with Crippen LogP contribution in [0.25, 0.3) is 0 Å². The minimum atomic E-state index is 0.311. The number of hydrogen-bond donors (Lipinski definition) is 0. The van der Waals surface area contributed by atoms with Crippen LogP contribution in [0.3, 0.4) is 0 Å². The van der Waals surface area contributed by atoms with E-state index >= 15 is 0 Å². The van der Waals surface area contributed by atoms with Crippen molar-refractivity contribution >= 4 is 0 Å². The van der Waals surface area contributed by atoms with Crippen LogP contribution < -0.4 is 0 Å². The maximum Gasteiger partial charge on any atom is -0.0140 e. The van der Waals surface area contributed by atoms with Crippen LogP contribution in [-0.2, 0) is 0 Å². The third-order valence-corrected chi connectivity index (χ3v) is 6.03. The average molecular weight is 409 g/mol. The van der Waals surface area contributed by atoms with Crippen LogP contribution in [0.2, 0.25) is 0 Å². The summed E-state index contributed by atoms with van der Waals surface area (Å²) in [6.07, 6.45) is 28.3. The van der Waals surface area contributed by atoms with Gasteiger partial charge in [0.15, 0.2) is 0 Å². The van der Waals surface area contributed by atoms with E-state index in [0.717, 1.165) is 25.7 Å². The van der Waals surface area contributed by atoms with Gasteiger partial charge in [0, 0.05) is 0 Å². The molecule has 0 saturated heterocycles. The fraction of sp³-hybridized carbons (Fsp3) is 0.600. The molecule has 0 aliphatic heterocycles. The van der Waals surface area contributed by atoms with Crippen molar-refractivity contribution in [1.82, 2.24) is 0 Å². The quantitative estimate of drug-likeness (QED) is 0.350. The van der Waals surface area contributed by atoms with E-state index in [-0.39, 0.29) is 0 Å². The summed E-state index contributed by atoms with van der Waals surface area (Å²) in [5.41, 5.74) is 6.68. The minimum absolute atomic E-state index is 0.311. The van der Waals surface area contributed by atoms with Crippen molar-refractivity contribution in [3.8, 4) is 0 Å². The summed E-state index contributed by atoms with van der Waals surface area (Å²) in [6.45, 7) is 18.2. The van der Waals surface area contributed by atoms with Gasteiger partial charge in [-0.05, 0) is 89.9 Å². The molecule has 30 heavy (non-hydrogen) atoms. The molecule has 0 heteroatoms. The van der Waals surface area contributed by atoms with Gasteiger partial charge in [-0.3, -0.25) is 0 Å². The number of hydrogen-bond acceptors (Lipinski definition) is 0. The Hall–Kier alpha value is -1.56. The lowest BCUT2D eigenvalue weighted by Gasteiger charge is -2.18. The topological polar surface area (TPSA) is 0 Å². The number of allylic oxidation sites excluding steroid dienone is 12. The molecule has 0 heterocycles. The van der Waals surface area contributed by atoms with E-state index in [1.807, 2.05) is 0 Å². The zero-order chi connectivity index (χ0) is 22.6. The van der Waals surface area contributed by atoms with Gasteiger partial charge in [-0.1, -0.05) is 98.6 Å². The third kappa shape index (κ3) is 12.9. The van der Waals surface area contributed by atoms with Crippen LogP contribution in [0.1, 0.15) is 107 Å². The summed E-state index contributed by atoms with van der Waals surface area (Å²) in [6, 6.07) is 0. The molecule has 0 aromatic rings. The first-order valence-corrected chi connectivity index (χ1v) is 12.0. The summed E-state index contributed by atoms with van der Waals surface area (Å²) in [5, 5.41) is 0. The molecule has 0 bridgehead atoms. The van der Waals surface area contributed by atoms with Gasteiger partial charge < -0.3 is 0 Å². The van der Waals surface area contributed by atoms with Gasteiger partial charge in [-0.2, -0.15) is 0 Å². The Balaban J connectivity index is 0.000000300. The average Bonchev–Trinajstić information content (AvgIpc) is 2.68. The molecule has 2 rings (SSSR count). The van der Waals surface area contributed by atoms with Gasteiger partial charge in [0.1, 0.15) is 0 Å². The molecule has 0 unspecified atom stereocenters. The Kier molecular flexibility index (Phi) is 11.5. The Bertz CT molecular complexity index is 636. The molecule has 2 aliphatic rings. The minimum Gasteiger partial charge on any atom is -0.0850 e. The second-order valence-corrected chi connectivity index (χ2v) is 10.9. The Labute approximate surface area is 188 Å². The van der Waals surface area contributed by atoms with Gasteiger partial charge in [0.2, 0.25) is 0 Å². The van der Waals surface area contributed by atoms with Gasteiger partial charge >= 0.3 is 0 Å². The fourth-order valence-corrected chi connectivity index (χ4v) is 3.60. The molecular weight excluding hydrogens is 360 g/mol. The lowest BCUT2D eigenvalue weighted by molar-refractivity contribution is 0.485. The van der Waals surface area contributed by atoms with E-state index in [2.05, 4.69) is 104 Å². The van der Waals surface area contributed by atoms with Crippen LogP contribution in [-0.4, -0.2) is 0 Å². The van der Waals surface area contributed by atoms with Gasteiger partial charge in [-0.15, -0.1) is 0 Å². The second kappa shape index (κ2) is 13.0. The van der Waals surface area contributed by atoms with E-state index < -0.39 is 0 Å². The third-order valence-electron chi connectivity index (χ3n) is 6.03. The monoisotopic (exact) mass is 408 g/mol. The van der Waals surface area contributed by atoms with Crippen molar-refractivity contribution in [3.63, 3.8) is 0 Å². The molecule has 0 atom stereocenters. The summed E-state index contributed by atoms with van der Waals surface area (Å²) in [4.78, 5) is 0. The van der Waals surface area contributed by atoms with Crippen molar-refractivity contribution in [2.45, 2.75) is 107 Å². The molecule has 0 radical (unpaired) electrons. The highest BCUT2D eigenvalue weighted by molar-refractivity contribution is 5.13. The predicted octanol–water partition coefficient (Wildman–Crippen LogP) is 10.1. The first kappa shape index (κ1) is 26.5. The van der Waals surface area contributed by atoms with Crippen LogP contribution in [0, 0.1) is 10.8 Å². The number of rotatable bonds is 0. The summed E-state index contributed by atoms with van der Waals surface area (Å²) in [5.74, 6) is 0. The highest BCUT2D eigenvalue weighted by Crippen LogP contribution is 2.26. The molecule has 0 amide bonds. The molecule has 168 valence electrons. The molecule has 0 fully saturated rings. The maximum absolute atomic E-state index is 2.40. The highest BCUT2D eigenvalue weighted by Gasteiger charge is 2.12. The van der Waals surface area contributed by atoms with Crippen molar-refractivity contribution < 1.29 is 0 Å². The first-order chi connectivity index (χ1) is 14.0. The van der Waals surface area contributed by atoms with Crippen molar-refractivity contribution in [2.24, 2.45) is 10.8 Å². The molecule has 0 aromatic heterocycles. The van der Waals surface area contributed by atoms with E-state index in [0.29, 0.717) is 10.8 Å². The zero-order valence-corrected chi connectivity index (χ0v) is 21.3. The van der Waals surface area contributed by atoms with Gasteiger partial charge in [-0.25, -0.2) is 0 Å². The Morgan fingerprint density at radius 2 is 0.900 bits per heavy atom. The van der Waals surface area contributed by atoms with E-state index in [4.69, 9.17) is 0 Å². The fourth-order valence-electron chi connectivity index (χ4n) is 3.60. The van der Waals surface area contributed by atoms with Crippen LogP contribution in [0.5, 0.6) is 0 Å². The maximum atomic E-state index is 2.40. The zero-order valence-electron chi connectivity index (χ0n) is 21.3. The molecular formula is C30H48. The van der Waals surface area contributed by atoms with E-state index in [9.17, 15) is 0 Å². The smallest absolute Gasteiger partial charge is 0.0140 e.